The molecular weight excluding hydrogens is 168 g/mol. The lowest BCUT2D eigenvalue weighted by Gasteiger charge is -2.20. The molecule has 0 bridgehead atoms. The number of carbonyl (C=O) groups excluding carboxylic acids is 1. The van der Waals surface area contributed by atoms with Crippen molar-refractivity contribution >= 4 is 17.5 Å². The minimum Gasteiger partial charge on any atom is -0.298 e. The fourth-order valence-corrected chi connectivity index (χ4v) is 2.72. The molecule has 0 spiro atoms. The Morgan fingerprint density at radius 1 is 1.67 bits per heavy atom. The van der Waals surface area contributed by atoms with E-state index in [2.05, 4.69) is 13.5 Å². The Morgan fingerprint density at radius 3 is 2.75 bits per heavy atom. The summed E-state index contributed by atoms with van der Waals surface area (Å²) in [5.41, 5.74) is 0.980. The summed E-state index contributed by atoms with van der Waals surface area (Å²) in [5, 5.41) is 0. The fraction of sp³-hybridized carbons (Fsp3) is 0.700. The number of allylic oxidation sites excluding steroid dienone is 1. The second-order valence-electron chi connectivity index (χ2n) is 3.74. The van der Waals surface area contributed by atoms with Gasteiger partial charge in [0, 0.05) is 6.42 Å². The largest absolute Gasteiger partial charge is 0.298 e. The summed E-state index contributed by atoms with van der Waals surface area (Å²) < 4.78 is -0.0983. The lowest BCUT2D eigenvalue weighted by molar-refractivity contribution is -0.120. The predicted octanol–water partition coefficient (Wildman–Crippen LogP) is 2.81. The molecule has 1 rings (SSSR count). The van der Waals surface area contributed by atoms with Crippen LogP contribution in [0.5, 0.6) is 0 Å². The molecule has 2 heteroatoms. The monoisotopic (exact) mass is 184 g/mol. The van der Waals surface area contributed by atoms with E-state index in [1.807, 2.05) is 6.92 Å². The Morgan fingerprint density at radius 2 is 2.33 bits per heavy atom. The fourth-order valence-electron chi connectivity index (χ4n) is 1.46. The van der Waals surface area contributed by atoms with Crippen molar-refractivity contribution in [1.29, 1.82) is 0 Å². The number of hydrogen-bond donors (Lipinski definition) is 0. The van der Waals surface area contributed by atoms with Gasteiger partial charge in [0.25, 0.3) is 0 Å². The van der Waals surface area contributed by atoms with Crippen molar-refractivity contribution in [2.45, 2.75) is 37.9 Å². The van der Waals surface area contributed by atoms with Gasteiger partial charge < -0.3 is 0 Å². The zero-order valence-corrected chi connectivity index (χ0v) is 8.67. The predicted molar refractivity (Wildman–Crippen MR) is 54.5 cm³/mol. The first kappa shape index (κ1) is 9.85. The smallest absolute Gasteiger partial charge is 0.152 e. The molecule has 1 aliphatic heterocycles. The van der Waals surface area contributed by atoms with Gasteiger partial charge in [-0.2, -0.15) is 0 Å². The summed E-state index contributed by atoms with van der Waals surface area (Å²) in [6.45, 7) is 7.75. The van der Waals surface area contributed by atoms with Crippen LogP contribution in [-0.2, 0) is 4.79 Å². The van der Waals surface area contributed by atoms with Crippen molar-refractivity contribution in [3.63, 3.8) is 0 Å². The number of ketones is 1. The minimum absolute atomic E-state index is 0.0983. The molecule has 12 heavy (non-hydrogen) atoms. The highest BCUT2D eigenvalue weighted by molar-refractivity contribution is 8.01. The molecule has 0 aromatic carbocycles. The van der Waals surface area contributed by atoms with Crippen molar-refractivity contribution in [1.82, 2.24) is 0 Å². The summed E-state index contributed by atoms with van der Waals surface area (Å²) in [4.78, 5) is 11.7. The maximum absolute atomic E-state index is 11.7. The Labute approximate surface area is 78.6 Å². The number of Topliss-reactive ketones (excluding diaryl/α,β-unsaturated/α-hetero) is 1. The topological polar surface area (TPSA) is 17.1 Å². The quantitative estimate of drug-likeness (QED) is 0.627. The third-order valence-corrected chi connectivity index (χ3v) is 3.83. The highest BCUT2D eigenvalue weighted by atomic mass is 32.2. The summed E-state index contributed by atoms with van der Waals surface area (Å²) in [6, 6.07) is 0. The van der Waals surface area contributed by atoms with Gasteiger partial charge >= 0.3 is 0 Å². The summed E-state index contributed by atoms with van der Waals surface area (Å²) in [5.74, 6) is 1.50. The average Bonchev–Trinajstić information content (AvgIpc) is 2.36. The van der Waals surface area contributed by atoms with Crippen molar-refractivity contribution in [3.05, 3.63) is 12.2 Å². The number of carbonyl (C=O) groups is 1. The van der Waals surface area contributed by atoms with Gasteiger partial charge in [-0.15, -0.1) is 11.8 Å². The zero-order chi connectivity index (χ0) is 9.19. The van der Waals surface area contributed by atoms with E-state index < -0.39 is 0 Å². The van der Waals surface area contributed by atoms with Gasteiger partial charge in [0.2, 0.25) is 0 Å². The van der Waals surface area contributed by atoms with Gasteiger partial charge in [0.1, 0.15) is 0 Å². The summed E-state index contributed by atoms with van der Waals surface area (Å²) >= 11 is 1.80. The van der Waals surface area contributed by atoms with Crippen molar-refractivity contribution in [3.8, 4) is 0 Å². The molecule has 0 saturated carbocycles. The molecule has 1 fully saturated rings. The number of rotatable bonds is 3. The van der Waals surface area contributed by atoms with Crippen LogP contribution < -0.4 is 0 Å². The molecule has 0 amide bonds. The van der Waals surface area contributed by atoms with Crippen LogP contribution in [0, 0.1) is 0 Å². The zero-order valence-electron chi connectivity index (χ0n) is 7.85. The third kappa shape index (κ3) is 2.13. The minimum atomic E-state index is -0.0983. The highest BCUT2D eigenvalue weighted by Gasteiger charge is 2.36. The maximum Gasteiger partial charge on any atom is 0.152 e. The molecule has 0 radical (unpaired) electrons. The van der Waals surface area contributed by atoms with Gasteiger partial charge in [-0.25, -0.2) is 0 Å². The Hall–Kier alpha value is -0.240. The molecule has 0 aliphatic carbocycles. The molecule has 1 aliphatic rings. The lowest BCUT2D eigenvalue weighted by atomic mass is 9.96. The molecule has 1 unspecified atom stereocenters. The third-order valence-electron chi connectivity index (χ3n) is 2.27. The van der Waals surface area contributed by atoms with E-state index in [4.69, 9.17) is 0 Å². The van der Waals surface area contributed by atoms with E-state index in [1.54, 1.807) is 11.8 Å². The van der Waals surface area contributed by atoms with E-state index in [0.29, 0.717) is 12.2 Å². The first-order chi connectivity index (χ1) is 5.54. The van der Waals surface area contributed by atoms with Gasteiger partial charge in [-0.05, 0) is 32.4 Å². The molecule has 68 valence electrons. The summed E-state index contributed by atoms with van der Waals surface area (Å²) in [6.07, 6.45) is 2.79. The van der Waals surface area contributed by atoms with Crippen LogP contribution in [0.1, 0.15) is 33.1 Å². The molecule has 1 saturated heterocycles. The molecule has 0 N–H and O–H groups in total. The highest BCUT2D eigenvalue weighted by Crippen LogP contribution is 2.39. The second kappa shape index (κ2) is 3.65. The molecular formula is C10H16OS. The first-order valence-electron chi connectivity index (χ1n) is 4.36. The normalized spacial score (nSPS) is 28.8. The molecule has 0 aromatic rings. The van der Waals surface area contributed by atoms with E-state index in [1.165, 1.54) is 6.42 Å². The van der Waals surface area contributed by atoms with Crippen molar-refractivity contribution in [2.75, 3.05) is 5.75 Å². The maximum atomic E-state index is 11.7. The van der Waals surface area contributed by atoms with E-state index in [-0.39, 0.29) is 4.75 Å². The van der Waals surface area contributed by atoms with Crippen LogP contribution >= 0.6 is 11.8 Å². The average molecular weight is 184 g/mol. The van der Waals surface area contributed by atoms with Gasteiger partial charge in [0.15, 0.2) is 5.78 Å². The van der Waals surface area contributed by atoms with Crippen LogP contribution in [0.25, 0.3) is 0 Å². The second-order valence-corrected chi connectivity index (χ2v) is 5.34. The van der Waals surface area contributed by atoms with Gasteiger partial charge in [0.05, 0.1) is 4.75 Å². The standard InChI is InChI=1S/C10H16OS/c1-8(2)7-9(11)10(3)5-4-6-12-10/h1,4-7H2,2-3H3. The van der Waals surface area contributed by atoms with Crippen LogP contribution in [-0.4, -0.2) is 16.3 Å². The van der Waals surface area contributed by atoms with Crippen molar-refractivity contribution in [2.24, 2.45) is 0 Å². The van der Waals surface area contributed by atoms with Crippen LogP contribution in [0.2, 0.25) is 0 Å². The van der Waals surface area contributed by atoms with E-state index in [9.17, 15) is 4.79 Å². The van der Waals surface area contributed by atoms with Gasteiger partial charge in [-0.3, -0.25) is 4.79 Å². The number of thioether (sulfide) groups is 1. The van der Waals surface area contributed by atoms with E-state index >= 15 is 0 Å². The molecule has 1 atom stereocenters. The Kier molecular flexibility index (Phi) is 2.99. The van der Waals surface area contributed by atoms with Gasteiger partial charge in [-0.1, -0.05) is 12.2 Å². The van der Waals surface area contributed by atoms with Crippen LogP contribution in [0.3, 0.4) is 0 Å². The first-order valence-corrected chi connectivity index (χ1v) is 5.35. The molecule has 0 aromatic heterocycles. The Bertz CT molecular complexity index is 202. The number of hydrogen-bond acceptors (Lipinski definition) is 2. The Balaban J connectivity index is 2.56. The van der Waals surface area contributed by atoms with E-state index in [0.717, 1.165) is 17.7 Å². The SMILES string of the molecule is C=C(C)CC(=O)C1(C)CCCS1. The lowest BCUT2D eigenvalue weighted by Crippen LogP contribution is -2.28. The summed E-state index contributed by atoms with van der Waals surface area (Å²) in [7, 11) is 0. The molecule has 1 nitrogen and oxygen atoms in total. The molecule has 1 heterocycles. The van der Waals surface area contributed by atoms with Crippen molar-refractivity contribution < 1.29 is 4.79 Å². The van der Waals surface area contributed by atoms with Crippen LogP contribution in [0.15, 0.2) is 12.2 Å². The van der Waals surface area contributed by atoms with Crippen LogP contribution in [0.4, 0.5) is 0 Å².